The van der Waals surface area contributed by atoms with Crippen LogP contribution in [0.4, 0.5) is 0 Å². The maximum absolute atomic E-state index is 14.0. The summed E-state index contributed by atoms with van der Waals surface area (Å²) in [6, 6.07) is 26.7. The number of rotatable bonds is 11. The van der Waals surface area contributed by atoms with Gasteiger partial charge in [-0.05, 0) is 66.0 Å². The first kappa shape index (κ1) is 31.1. The van der Waals surface area contributed by atoms with E-state index in [9.17, 15) is 9.59 Å². The van der Waals surface area contributed by atoms with Crippen molar-refractivity contribution in [1.29, 1.82) is 0 Å². The van der Waals surface area contributed by atoms with Gasteiger partial charge in [-0.15, -0.1) is 10.2 Å². The molecule has 2 aromatic heterocycles. The highest BCUT2D eigenvalue weighted by Gasteiger charge is 2.25. The molecule has 1 aliphatic heterocycles. The molecule has 236 valence electrons. The second-order valence-electron chi connectivity index (χ2n) is 12.3. The van der Waals surface area contributed by atoms with Gasteiger partial charge in [0.05, 0.1) is 13.0 Å². The highest BCUT2D eigenvalue weighted by atomic mass is 16.2. The van der Waals surface area contributed by atoms with Crippen molar-refractivity contribution in [3.8, 4) is 22.5 Å². The summed E-state index contributed by atoms with van der Waals surface area (Å²) in [4.78, 5) is 34.4. The Morgan fingerprint density at radius 2 is 1.63 bits per heavy atom. The van der Waals surface area contributed by atoms with Gasteiger partial charge in [-0.2, -0.15) is 5.21 Å². The lowest BCUT2D eigenvalue weighted by molar-refractivity contribution is -0.131. The van der Waals surface area contributed by atoms with Crippen LogP contribution >= 0.6 is 0 Å². The summed E-state index contributed by atoms with van der Waals surface area (Å²) in [5, 5.41) is 14.5. The van der Waals surface area contributed by atoms with Crippen LogP contribution in [0.2, 0.25) is 0 Å². The van der Waals surface area contributed by atoms with Crippen LogP contribution in [0.15, 0.2) is 83.7 Å². The van der Waals surface area contributed by atoms with Crippen molar-refractivity contribution >= 4 is 5.91 Å². The zero-order valence-electron chi connectivity index (χ0n) is 26.7. The molecule has 0 unspecified atom stereocenters. The largest absolute Gasteiger partial charge is 0.342 e. The van der Waals surface area contributed by atoms with E-state index >= 15 is 0 Å². The topological polar surface area (TPSA) is 110 Å². The molecule has 1 aliphatic rings. The van der Waals surface area contributed by atoms with Gasteiger partial charge in [-0.3, -0.25) is 14.2 Å². The number of aryl methyl sites for hydroxylation is 2. The highest BCUT2D eigenvalue weighted by molar-refractivity contribution is 5.80. The number of nitrogens with zero attached hydrogens (tertiary/aromatic N) is 6. The van der Waals surface area contributed by atoms with Crippen molar-refractivity contribution in [1.82, 2.24) is 35.1 Å². The second kappa shape index (κ2) is 14.5. The van der Waals surface area contributed by atoms with Gasteiger partial charge in [0.15, 0.2) is 0 Å². The molecule has 1 fully saturated rings. The minimum Gasteiger partial charge on any atom is -0.342 e. The van der Waals surface area contributed by atoms with E-state index < -0.39 is 0 Å². The Morgan fingerprint density at radius 3 is 2.33 bits per heavy atom. The predicted octanol–water partition coefficient (Wildman–Crippen LogP) is 5.81. The predicted molar refractivity (Wildman–Crippen MR) is 179 cm³/mol. The number of carbonyl (C=O) groups excluding carboxylic acids is 1. The number of hydrogen-bond acceptors (Lipinski definition) is 6. The minimum atomic E-state index is -0.113. The van der Waals surface area contributed by atoms with Crippen LogP contribution in [0.5, 0.6) is 0 Å². The number of unbranched alkanes of at least 4 members (excludes halogenated alkanes) is 1. The number of carbonyl (C=O) groups is 1. The van der Waals surface area contributed by atoms with Gasteiger partial charge in [-0.1, -0.05) is 92.2 Å². The van der Waals surface area contributed by atoms with Crippen LogP contribution in [0, 0.1) is 12.8 Å². The molecule has 1 amide bonds. The molecule has 46 heavy (non-hydrogen) atoms. The van der Waals surface area contributed by atoms with Crippen molar-refractivity contribution in [2.45, 2.75) is 65.3 Å². The van der Waals surface area contributed by atoms with Gasteiger partial charge in [0, 0.05) is 36.3 Å². The Morgan fingerprint density at radius 1 is 0.913 bits per heavy atom. The summed E-state index contributed by atoms with van der Waals surface area (Å²) in [5.41, 5.74) is 6.29. The van der Waals surface area contributed by atoms with Crippen molar-refractivity contribution in [3.05, 3.63) is 117 Å². The average molecular weight is 616 g/mol. The maximum atomic E-state index is 14.0. The fraction of sp³-hybridized carbons (Fsp3) is 0.351. The van der Waals surface area contributed by atoms with Crippen molar-refractivity contribution < 1.29 is 4.79 Å². The van der Waals surface area contributed by atoms with Crippen molar-refractivity contribution in [2.75, 3.05) is 13.1 Å². The van der Waals surface area contributed by atoms with Crippen molar-refractivity contribution in [3.63, 3.8) is 0 Å². The summed E-state index contributed by atoms with van der Waals surface area (Å²) in [6.07, 6.45) is 5.74. The molecular formula is C37H41N7O2. The molecule has 6 rings (SSSR count). The number of hydrogen-bond donors (Lipinski definition) is 1. The number of amides is 1. The first-order chi connectivity index (χ1) is 22.5. The lowest BCUT2D eigenvalue weighted by Gasteiger charge is -2.32. The summed E-state index contributed by atoms with van der Waals surface area (Å²) >= 11 is 0. The fourth-order valence-electron chi connectivity index (χ4n) is 6.42. The molecule has 1 saturated heterocycles. The summed E-state index contributed by atoms with van der Waals surface area (Å²) in [5.74, 6) is 1.89. The molecule has 9 heteroatoms. The van der Waals surface area contributed by atoms with Crippen LogP contribution < -0.4 is 5.56 Å². The number of H-pyrrole nitrogens is 1. The molecular weight excluding hydrogens is 574 g/mol. The second-order valence-corrected chi connectivity index (χ2v) is 12.3. The quantitative estimate of drug-likeness (QED) is 0.201. The maximum Gasteiger partial charge on any atom is 0.257 e. The monoisotopic (exact) mass is 615 g/mol. The molecule has 0 radical (unpaired) electrons. The van der Waals surface area contributed by atoms with Crippen LogP contribution in [0.1, 0.15) is 60.8 Å². The number of aromatic nitrogens is 6. The van der Waals surface area contributed by atoms with E-state index in [1.54, 1.807) is 4.57 Å². The number of piperidine rings is 1. The van der Waals surface area contributed by atoms with Crippen molar-refractivity contribution in [2.24, 2.45) is 5.92 Å². The van der Waals surface area contributed by atoms with E-state index in [0.29, 0.717) is 36.0 Å². The number of benzene rings is 3. The summed E-state index contributed by atoms with van der Waals surface area (Å²) in [6.45, 7) is 5.86. The van der Waals surface area contributed by atoms with Crippen LogP contribution in [0.3, 0.4) is 0 Å². The molecule has 3 heterocycles. The SMILES string of the molecule is CCCCc1nc(C)c(CC(=O)N2CCC(Cc3ccccc3)CC2)c(=O)n1Cc1ccc(-c2ccccc2-c2nn[nH]n2)cc1. The average Bonchev–Trinajstić information content (AvgIpc) is 3.63. The normalized spacial score (nSPS) is 13.7. The zero-order valence-corrected chi connectivity index (χ0v) is 26.7. The van der Waals surface area contributed by atoms with E-state index in [1.807, 2.05) is 54.3 Å². The molecule has 0 bridgehead atoms. The molecule has 0 atom stereocenters. The van der Waals surface area contributed by atoms with E-state index in [2.05, 4.69) is 63.9 Å². The lowest BCUT2D eigenvalue weighted by atomic mass is 9.90. The van der Waals surface area contributed by atoms with E-state index in [1.165, 1.54) is 5.56 Å². The zero-order chi connectivity index (χ0) is 31.9. The van der Waals surface area contributed by atoms with Gasteiger partial charge in [0.25, 0.3) is 5.56 Å². The smallest absolute Gasteiger partial charge is 0.257 e. The van der Waals surface area contributed by atoms with Crippen LogP contribution in [-0.2, 0) is 30.6 Å². The molecule has 5 aromatic rings. The fourth-order valence-corrected chi connectivity index (χ4v) is 6.42. The first-order valence-electron chi connectivity index (χ1n) is 16.3. The molecule has 9 nitrogen and oxygen atoms in total. The van der Waals surface area contributed by atoms with Gasteiger partial charge >= 0.3 is 0 Å². The third kappa shape index (κ3) is 7.14. The summed E-state index contributed by atoms with van der Waals surface area (Å²) in [7, 11) is 0. The Balaban J connectivity index is 1.19. The van der Waals surface area contributed by atoms with Gasteiger partial charge in [0.1, 0.15) is 5.82 Å². The Labute approximate surface area is 269 Å². The third-order valence-electron chi connectivity index (χ3n) is 9.08. The molecule has 1 N–H and O–H groups in total. The number of tetrazole rings is 1. The Bertz CT molecular complexity index is 1810. The number of likely N-dealkylation sites (tertiary alicyclic amines) is 1. The lowest BCUT2D eigenvalue weighted by Crippen LogP contribution is -2.41. The van der Waals surface area contributed by atoms with Crippen LogP contribution in [0.25, 0.3) is 22.5 Å². The molecule has 0 spiro atoms. The molecule has 0 saturated carbocycles. The standard InChI is InChI=1S/C37H41N7O2/c1-3-4-14-34-38-26(2)33(24-35(45)43-21-19-28(20-22-43)23-27-10-6-5-7-11-27)37(46)44(34)25-29-15-17-30(18-16-29)31-12-8-9-13-32(31)36-39-41-42-40-36/h5-13,15-18,28H,3-4,14,19-25H2,1-2H3,(H,39,40,41,42). The molecule has 3 aromatic carbocycles. The summed E-state index contributed by atoms with van der Waals surface area (Å²) < 4.78 is 1.78. The Hall–Kier alpha value is -4.92. The first-order valence-corrected chi connectivity index (χ1v) is 16.3. The number of nitrogens with one attached hydrogen (secondary N) is 1. The molecule has 0 aliphatic carbocycles. The number of aromatic amines is 1. The van der Waals surface area contributed by atoms with E-state index in [4.69, 9.17) is 4.98 Å². The third-order valence-corrected chi connectivity index (χ3v) is 9.08. The van der Waals surface area contributed by atoms with E-state index in [-0.39, 0.29) is 17.9 Å². The minimum absolute atomic E-state index is 0.0117. The van der Waals surface area contributed by atoms with Gasteiger partial charge < -0.3 is 4.90 Å². The Kier molecular flexibility index (Phi) is 9.76. The van der Waals surface area contributed by atoms with Gasteiger partial charge in [0.2, 0.25) is 11.7 Å². The highest BCUT2D eigenvalue weighted by Crippen LogP contribution is 2.30. The van der Waals surface area contributed by atoms with Gasteiger partial charge in [-0.25, -0.2) is 4.98 Å². The van der Waals surface area contributed by atoms with E-state index in [0.717, 1.165) is 73.3 Å². The van der Waals surface area contributed by atoms with Crippen LogP contribution in [-0.4, -0.2) is 54.1 Å².